The first-order valence-corrected chi connectivity index (χ1v) is 4.18. The molecule has 0 atom stereocenters. The first-order chi connectivity index (χ1) is 6.34. The van der Waals surface area contributed by atoms with Crippen molar-refractivity contribution in [2.75, 3.05) is 5.32 Å². The van der Waals surface area contributed by atoms with Crippen LogP contribution >= 0.6 is 0 Å². The number of allylic oxidation sites excluding steroid dienone is 2. The summed E-state index contributed by atoms with van der Waals surface area (Å²) in [5.41, 5.74) is 5.21. The second-order valence-electron chi connectivity index (χ2n) is 2.93. The normalized spacial score (nSPS) is 13.2. The van der Waals surface area contributed by atoms with Gasteiger partial charge in [-0.3, -0.25) is 0 Å². The molecule has 0 bridgehead atoms. The van der Waals surface area contributed by atoms with Crippen LogP contribution in [0.4, 0.5) is 5.82 Å². The highest BCUT2D eigenvalue weighted by Gasteiger charge is 1.96. The number of nitrogens with one attached hydrogen (secondary N) is 1. The Labute approximate surface area is 77.3 Å². The molecule has 0 aliphatic heterocycles. The van der Waals surface area contributed by atoms with E-state index in [9.17, 15) is 0 Å². The number of hydrogen-bond acceptors (Lipinski definition) is 2. The Hall–Kier alpha value is -1.79. The van der Waals surface area contributed by atoms with Gasteiger partial charge in [0, 0.05) is 6.20 Å². The van der Waals surface area contributed by atoms with Crippen molar-refractivity contribution in [3.05, 3.63) is 53.5 Å². The van der Waals surface area contributed by atoms with Crippen LogP contribution in [0.3, 0.4) is 0 Å². The lowest BCUT2D eigenvalue weighted by Crippen LogP contribution is -1.96. The predicted molar refractivity (Wildman–Crippen MR) is 53.3 cm³/mol. The Balaban J connectivity index is 2.19. The molecule has 64 valence electrons. The van der Waals surface area contributed by atoms with Gasteiger partial charge in [-0.2, -0.15) is 0 Å². The maximum absolute atomic E-state index is 4.18. The summed E-state index contributed by atoms with van der Waals surface area (Å²) in [5.74, 6) is 0.863. The van der Waals surface area contributed by atoms with Crippen molar-refractivity contribution in [3.8, 4) is 0 Å². The van der Waals surface area contributed by atoms with Gasteiger partial charge in [-0.05, 0) is 36.8 Å². The number of aryl methyl sites for hydroxylation is 1. The molecule has 0 radical (unpaired) electrons. The number of rotatable bonds is 2. The van der Waals surface area contributed by atoms with Crippen molar-refractivity contribution in [1.29, 1.82) is 0 Å². The van der Waals surface area contributed by atoms with E-state index in [0.717, 1.165) is 11.5 Å². The van der Waals surface area contributed by atoms with E-state index in [4.69, 9.17) is 0 Å². The van der Waals surface area contributed by atoms with Crippen molar-refractivity contribution in [2.45, 2.75) is 6.92 Å². The Bertz CT molecular complexity index is 410. The van der Waals surface area contributed by atoms with Crippen LogP contribution in [0.1, 0.15) is 5.56 Å². The summed E-state index contributed by atoms with van der Waals surface area (Å²) >= 11 is 0. The topological polar surface area (TPSA) is 24.9 Å². The molecule has 1 aromatic heterocycles. The maximum atomic E-state index is 4.18. The number of hydrogen-bond donors (Lipinski definition) is 1. The first kappa shape index (κ1) is 7.84. The summed E-state index contributed by atoms with van der Waals surface area (Å²) in [6.45, 7) is 2.04. The lowest BCUT2D eigenvalue weighted by atomic mass is 10.3. The fraction of sp³-hybridized carbons (Fsp3) is 0.0909. The van der Waals surface area contributed by atoms with E-state index in [-0.39, 0.29) is 0 Å². The molecule has 0 fully saturated rings. The van der Waals surface area contributed by atoms with Gasteiger partial charge in [0.1, 0.15) is 5.82 Å². The molecule has 1 aliphatic carbocycles. The van der Waals surface area contributed by atoms with Gasteiger partial charge in [-0.15, -0.1) is 0 Å². The van der Waals surface area contributed by atoms with Crippen molar-refractivity contribution in [3.63, 3.8) is 0 Å². The van der Waals surface area contributed by atoms with Gasteiger partial charge in [0.05, 0.1) is 5.70 Å². The second kappa shape index (κ2) is 3.30. The Morgan fingerprint density at radius 1 is 1.46 bits per heavy atom. The zero-order chi connectivity index (χ0) is 9.10. The van der Waals surface area contributed by atoms with Crippen LogP contribution in [0.15, 0.2) is 48.0 Å². The van der Waals surface area contributed by atoms with Gasteiger partial charge in [0.25, 0.3) is 0 Å². The molecule has 0 saturated carbocycles. The van der Waals surface area contributed by atoms with Gasteiger partial charge in [0.2, 0.25) is 0 Å². The molecule has 0 spiro atoms. The first-order valence-electron chi connectivity index (χ1n) is 4.18. The molecule has 0 saturated heterocycles. The van der Waals surface area contributed by atoms with E-state index in [2.05, 4.69) is 16.0 Å². The van der Waals surface area contributed by atoms with Crippen molar-refractivity contribution >= 4 is 5.82 Å². The zero-order valence-electron chi connectivity index (χ0n) is 7.41. The summed E-state index contributed by atoms with van der Waals surface area (Å²) < 4.78 is 0. The summed E-state index contributed by atoms with van der Waals surface area (Å²) in [7, 11) is 0. The number of pyridine rings is 1. The van der Waals surface area contributed by atoms with Crippen molar-refractivity contribution in [2.24, 2.45) is 0 Å². The van der Waals surface area contributed by atoms with Crippen LogP contribution in [-0.4, -0.2) is 4.98 Å². The minimum absolute atomic E-state index is 0.863. The highest BCUT2D eigenvalue weighted by atomic mass is 15.0. The molecule has 0 unspecified atom stereocenters. The fourth-order valence-corrected chi connectivity index (χ4v) is 1.15. The van der Waals surface area contributed by atoms with E-state index in [1.54, 1.807) is 6.20 Å². The molecular weight excluding hydrogens is 160 g/mol. The van der Waals surface area contributed by atoms with E-state index >= 15 is 0 Å². The molecule has 2 heteroatoms. The molecule has 13 heavy (non-hydrogen) atoms. The van der Waals surface area contributed by atoms with Crippen LogP contribution in [0, 0.1) is 6.92 Å². The molecule has 1 N–H and O–H groups in total. The highest BCUT2D eigenvalue weighted by molar-refractivity contribution is 5.48. The van der Waals surface area contributed by atoms with Gasteiger partial charge in [0.15, 0.2) is 0 Å². The molecule has 1 aliphatic rings. The average Bonchev–Trinajstić information content (AvgIpc) is 2.57. The summed E-state index contributed by atoms with van der Waals surface area (Å²) in [6, 6.07) is 3.97. The number of nitrogens with zero attached hydrogens (tertiary/aromatic N) is 1. The Morgan fingerprint density at radius 2 is 2.38 bits per heavy atom. The summed E-state index contributed by atoms with van der Waals surface area (Å²) in [5, 5.41) is 3.16. The van der Waals surface area contributed by atoms with Crippen LogP contribution in [0.2, 0.25) is 0 Å². The van der Waals surface area contributed by atoms with Gasteiger partial charge >= 0.3 is 0 Å². The minimum atomic E-state index is 0.863. The zero-order valence-corrected chi connectivity index (χ0v) is 7.41. The standard InChI is InChI=1S/C11H10N2/c1-9-6-7-12-11(8-9)13-10-4-2-3-5-10/h2-4,6-8H,1H3,(H,12,13). The van der Waals surface area contributed by atoms with Crippen molar-refractivity contribution < 1.29 is 0 Å². The van der Waals surface area contributed by atoms with Crippen LogP contribution < -0.4 is 5.32 Å². The van der Waals surface area contributed by atoms with Crippen LogP contribution in [0.5, 0.6) is 0 Å². The van der Waals surface area contributed by atoms with Gasteiger partial charge in [-0.1, -0.05) is 11.8 Å². The highest BCUT2D eigenvalue weighted by Crippen LogP contribution is 2.10. The lowest BCUT2D eigenvalue weighted by molar-refractivity contribution is 1.26. The molecule has 0 amide bonds. The van der Waals surface area contributed by atoms with Crippen LogP contribution in [0.25, 0.3) is 0 Å². The predicted octanol–water partition coefficient (Wildman–Crippen LogP) is 2.41. The van der Waals surface area contributed by atoms with E-state index in [1.807, 2.05) is 37.3 Å². The van der Waals surface area contributed by atoms with Crippen molar-refractivity contribution in [1.82, 2.24) is 4.98 Å². The third-order valence-electron chi connectivity index (χ3n) is 1.78. The monoisotopic (exact) mass is 170 g/mol. The summed E-state index contributed by atoms with van der Waals surface area (Å²) in [4.78, 5) is 4.18. The number of aromatic nitrogens is 1. The molecule has 2 rings (SSSR count). The third kappa shape index (κ3) is 1.86. The molecule has 1 aromatic rings. The SMILES string of the molecule is Cc1ccnc(NC2=C=CC=C2)c1. The fourth-order valence-electron chi connectivity index (χ4n) is 1.15. The number of anilines is 1. The van der Waals surface area contributed by atoms with E-state index in [1.165, 1.54) is 5.56 Å². The largest absolute Gasteiger partial charge is 0.334 e. The molecule has 2 nitrogen and oxygen atoms in total. The van der Waals surface area contributed by atoms with Gasteiger partial charge in [-0.25, -0.2) is 4.98 Å². The minimum Gasteiger partial charge on any atom is -0.334 e. The smallest absolute Gasteiger partial charge is 0.130 e. The Kier molecular flexibility index (Phi) is 1.99. The quantitative estimate of drug-likeness (QED) is 0.689. The molecule has 1 heterocycles. The summed E-state index contributed by atoms with van der Waals surface area (Å²) in [6.07, 6.45) is 7.57. The van der Waals surface area contributed by atoms with Gasteiger partial charge < -0.3 is 5.32 Å². The molecule has 0 aromatic carbocycles. The average molecular weight is 170 g/mol. The van der Waals surface area contributed by atoms with E-state index in [0.29, 0.717) is 0 Å². The Morgan fingerprint density at radius 3 is 3.08 bits per heavy atom. The van der Waals surface area contributed by atoms with E-state index < -0.39 is 0 Å². The maximum Gasteiger partial charge on any atom is 0.130 e. The second-order valence-corrected chi connectivity index (χ2v) is 2.93. The lowest BCUT2D eigenvalue weighted by Gasteiger charge is -2.03. The molecular formula is C11H10N2. The third-order valence-corrected chi connectivity index (χ3v) is 1.78. The van der Waals surface area contributed by atoms with Crippen LogP contribution in [-0.2, 0) is 0 Å².